The third-order valence-corrected chi connectivity index (χ3v) is 5.57. The van der Waals surface area contributed by atoms with E-state index in [1.807, 2.05) is 32.0 Å². The van der Waals surface area contributed by atoms with Gasteiger partial charge in [0.05, 0.1) is 11.5 Å². The number of aryl methyl sites for hydroxylation is 1. The van der Waals surface area contributed by atoms with E-state index in [1.165, 1.54) is 0 Å². The van der Waals surface area contributed by atoms with E-state index in [9.17, 15) is 13.2 Å². The van der Waals surface area contributed by atoms with Gasteiger partial charge in [-0.15, -0.1) is 0 Å². The van der Waals surface area contributed by atoms with E-state index in [4.69, 9.17) is 4.74 Å². The molecular weight excluding hydrogens is 290 g/mol. The molecule has 0 spiro atoms. The molecule has 0 aromatic heterocycles. The van der Waals surface area contributed by atoms with Crippen molar-refractivity contribution in [3.8, 4) is 5.75 Å². The molecule has 2 rings (SSSR count). The molecule has 116 valence electrons. The molecule has 2 atom stereocenters. The van der Waals surface area contributed by atoms with Gasteiger partial charge in [-0.2, -0.15) is 0 Å². The van der Waals surface area contributed by atoms with Crippen molar-refractivity contribution in [2.45, 2.75) is 39.3 Å². The lowest BCUT2D eigenvalue weighted by Gasteiger charge is -2.19. The highest BCUT2D eigenvalue weighted by atomic mass is 32.2. The fourth-order valence-corrected chi connectivity index (χ4v) is 4.00. The van der Waals surface area contributed by atoms with Crippen LogP contribution in [0.2, 0.25) is 0 Å². The number of nitrogens with one attached hydrogen (secondary N) is 1. The Kier molecular flexibility index (Phi) is 4.56. The number of carbonyl (C=O) groups is 1. The Morgan fingerprint density at radius 1 is 1.38 bits per heavy atom. The average Bonchev–Trinajstić information content (AvgIpc) is 2.74. The Morgan fingerprint density at radius 2 is 2.10 bits per heavy atom. The minimum absolute atomic E-state index is 0.0228. The van der Waals surface area contributed by atoms with Gasteiger partial charge in [0.15, 0.2) is 15.9 Å². The normalized spacial score (nSPS) is 21.8. The Morgan fingerprint density at radius 3 is 2.71 bits per heavy atom. The van der Waals surface area contributed by atoms with Crippen molar-refractivity contribution >= 4 is 15.7 Å². The average molecular weight is 311 g/mol. The minimum atomic E-state index is -2.99. The monoisotopic (exact) mass is 311 g/mol. The molecule has 0 bridgehead atoms. The molecule has 0 unspecified atom stereocenters. The maximum absolute atomic E-state index is 12.1. The lowest BCUT2D eigenvalue weighted by Crippen LogP contribution is -2.43. The van der Waals surface area contributed by atoms with E-state index in [-0.39, 0.29) is 23.5 Å². The second kappa shape index (κ2) is 6.05. The first-order valence-corrected chi connectivity index (χ1v) is 8.84. The highest BCUT2D eigenvalue weighted by molar-refractivity contribution is 7.91. The third kappa shape index (κ3) is 3.97. The van der Waals surface area contributed by atoms with Gasteiger partial charge >= 0.3 is 0 Å². The number of sulfone groups is 1. The number of hydrogen-bond acceptors (Lipinski definition) is 4. The van der Waals surface area contributed by atoms with Gasteiger partial charge < -0.3 is 10.1 Å². The highest BCUT2D eigenvalue weighted by Crippen LogP contribution is 2.22. The second-order valence-electron chi connectivity index (χ2n) is 5.57. The van der Waals surface area contributed by atoms with Gasteiger partial charge in [0.1, 0.15) is 5.75 Å². The van der Waals surface area contributed by atoms with Crippen molar-refractivity contribution in [1.82, 2.24) is 5.32 Å². The summed E-state index contributed by atoms with van der Waals surface area (Å²) in [5, 5.41) is 2.75. The maximum atomic E-state index is 12.1. The summed E-state index contributed by atoms with van der Waals surface area (Å²) < 4.78 is 28.5. The molecule has 1 heterocycles. The highest BCUT2D eigenvalue weighted by Gasteiger charge is 2.30. The predicted molar refractivity (Wildman–Crippen MR) is 81.2 cm³/mol. The van der Waals surface area contributed by atoms with Gasteiger partial charge in [0.2, 0.25) is 0 Å². The summed E-state index contributed by atoms with van der Waals surface area (Å²) in [5.41, 5.74) is 2.10. The van der Waals surface area contributed by atoms with Gasteiger partial charge in [-0.05, 0) is 44.4 Å². The summed E-state index contributed by atoms with van der Waals surface area (Å²) in [5.74, 6) is 0.564. The van der Waals surface area contributed by atoms with Crippen molar-refractivity contribution in [3.05, 3.63) is 29.3 Å². The number of carbonyl (C=O) groups excluding carboxylic acids is 1. The second-order valence-corrected chi connectivity index (χ2v) is 7.80. The Balaban J connectivity index is 1.95. The summed E-state index contributed by atoms with van der Waals surface area (Å²) in [6.07, 6.45) is -0.182. The van der Waals surface area contributed by atoms with Crippen LogP contribution in [-0.4, -0.2) is 38.0 Å². The molecule has 1 fully saturated rings. The summed E-state index contributed by atoms with van der Waals surface area (Å²) in [4.78, 5) is 12.1. The Labute approximate surface area is 125 Å². The van der Waals surface area contributed by atoms with Crippen LogP contribution in [0.15, 0.2) is 18.2 Å². The topological polar surface area (TPSA) is 72.5 Å². The SMILES string of the molecule is Cc1cccc(O[C@H](C)C(=O)N[C@H]2CCS(=O)(=O)C2)c1C. The van der Waals surface area contributed by atoms with E-state index < -0.39 is 15.9 Å². The van der Waals surface area contributed by atoms with Gasteiger partial charge in [-0.25, -0.2) is 8.42 Å². The van der Waals surface area contributed by atoms with Crippen LogP contribution in [0.5, 0.6) is 5.75 Å². The fourth-order valence-electron chi connectivity index (χ4n) is 2.32. The van der Waals surface area contributed by atoms with Crippen LogP contribution in [0.3, 0.4) is 0 Å². The van der Waals surface area contributed by atoms with E-state index in [1.54, 1.807) is 6.92 Å². The fraction of sp³-hybridized carbons (Fsp3) is 0.533. The molecule has 0 aliphatic carbocycles. The van der Waals surface area contributed by atoms with Crippen molar-refractivity contribution in [1.29, 1.82) is 0 Å². The van der Waals surface area contributed by atoms with Crippen molar-refractivity contribution in [3.63, 3.8) is 0 Å². The van der Waals surface area contributed by atoms with Crippen molar-refractivity contribution < 1.29 is 17.9 Å². The number of benzene rings is 1. The Bertz CT molecular complexity index is 639. The smallest absolute Gasteiger partial charge is 0.261 e. The van der Waals surface area contributed by atoms with Gasteiger partial charge in [0, 0.05) is 6.04 Å². The van der Waals surface area contributed by atoms with Crippen molar-refractivity contribution in [2.24, 2.45) is 0 Å². The van der Waals surface area contributed by atoms with Crippen LogP contribution in [0.4, 0.5) is 0 Å². The summed E-state index contributed by atoms with van der Waals surface area (Å²) in [6, 6.07) is 5.39. The van der Waals surface area contributed by atoms with Crippen molar-refractivity contribution in [2.75, 3.05) is 11.5 Å². The molecule has 21 heavy (non-hydrogen) atoms. The van der Waals surface area contributed by atoms with Crippen LogP contribution in [0, 0.1) is 13.8 Å². The Hall–Kier alpha value is -1.56. The van der Waals surface area contributed by atoms with Crippen LogP contribution < -0.4 is 10.1 Å². The zero-order chi connectivity index (χ0) is 15.6. The molecule has 1 aliphatic rings. The van der Waals surface area contributed by atoms with E-state index >= 15 is 0 Å². The molecule has 1 saturated heterocycles. The minimum Gasteiger partial charge on any atom is -0.481 e. The molecule has 5 nitrogen and oxygen atoms in total. The summed E-state index contributed by atoms with van der Waals surface area (Å²) in [7, 11) is -2.99. The standard InChI is InChI=1S/C15H21NO4S/c1-10-5-4-6-14(11(10)2)20-12(3)15(17)16-13-7-8-21(18,19)9-13/h4-6,12-13H,7-9H2,1-3H3,(H,16,17)/t12-,13+/m1/s1. The first-order chi connectivity index (χ1) is 9.78. The number of hydrogen-bond donors (Lipinski definition) is 1. The lowest BCUT2D eigenvalue weighted by molar-refractivity contribution is -0.127. The predicted octanol–water partition coefficient (Wildman–Crippen LogP) is 1.37. The van der Waals surface area contributed by atoms with Crippen LogP contribution in [0.25, 0.3) is 0 Å². The molecule has 0 saturated carbocycles. The lowest BCUT2D eigenvalue weighted by atomic mass is 10.1. The molecule has 0 radical (unpaired) electrons. The number of amides is 1. The maximum Gasteiger partial charge on any atom is 0.261 e. The molecule has 1 aromatic carbocycles. The largest absolute Gasteiger partial charge is 0.481 e. The first-order valence-electron chi connectivity index (χ1n) is 7.02. The molecule has 1 aromatic rings. The number of rotatable bonds is 4. The van der Waals surface area contributed by atoms with E-state index in [0.29, 0.717) is 12.2 Å². The summed E-state index contributed by atoms with van der Waals surface area (Å²) in [6.45, 7) is 5.59. The number of ether oxygens (including phenoxy) is 1. The van der Waals surface area contributed by atoms with Gasteiger partial charge in [0.25, 0.3) is 5.91 Å². The van der Waals surface area contributed by atoms with E-state index in [2.05, 4.69) is 5.32 Å². The molecule has 1 N–H and O–H groups in total. The third-order valence-electron chi connectivity index (χ3n) is 3.81. The molecule has 1 aliphatic heterocycles. The zero-order valence-electron chi connectivity index (χ0n) is 12.5. The first kappa shape index (κ1) is 15.8. The molecule has 1 amide bonds. The van der Waals surface area contributed by atoms with Crippen LogP contribution in [-0.2, 0) is 14.6 Å². The zero-order valence-corrected chi connectivity index (χ0v) is 13.4. The quantitative estimate of drug-likeness (QED) is 0.911. The van der Waals surface area contributed by atoms with Gasteiger partial charge in [-0.3, -0.25) is 4.79 Å². The van der Waals surface area contributed by atoms with Crippen LogP contribution >= 0.6 is 0 Å². The van der Waals surface area contributed by atoms with E-state index in [0.717, 1.165) is 11.1 Å². The molecular formula is C15H21NO4S. The molecule has 6 heteroatoms. The summed E-state index contributed by atoms with van der Waals surface area (Å²) >= 11 is 0. The van der Waals surface area contributed by atoms with Gasteiger partial charge in [-0.1, -0.05) is 12.1 Å². The van der Waals surface area contributed by atoms with Crippen LogP contribution in [0.1, 0.15) is 24.5 Å².